The number of benzene rings is 1. The van der Waals surface area contributed by atoms with Crippen LogP contribution in [0.25, 0.3) is 5.69 Å². The Morgan fingerprint density at radius 3 is 2.62 bits per heavy atom. The summed E-state index contributed by atoms with van der Waals surface area (Å²) in [5, 5.41) is 15.9. The lowest BCUT2D eigenvalue weighted by atomic mass is 9.95. The third-order valence-electron chi connectivity index (χ3n) is 6.42. The van der Waals surface area contributed by atoms with Gasteiger partial charge in [-0.15, -0.1) is 0 Å². The maximum absolute atomic E-state index is 4.58. The highest BCUT2D eigenvalue weighted by atomic mass is 15.3. The van der Waals surface area contributed by atoms with Gasteiger partial charge in [0, 0.05) is 55.9 Å². The van der Waals surface area contributed by atoms with E-state index < -0.39 is 0 Å². The van der Waals surface area contributed by atoms with Gasteiger partial charge in [-0.25, -0.2) is 4.68 Å². The fraction of sp³-hybridized carbons (Fsp3) is 0.478. The van der Waals surface area contributed by atoms with E-state index in [1.54, 1.807) is 0 Å². The van der Waals surface area contributed by atoms with Crippen LogP contribution in [0.5, 0.6) is 0 Å². The summed E-state index contributed by atoms with van der Waals surface area (Å²) < 4.78 is 1.90. The molecular weight excluding hydrogens is 360 g/mol. The van der Waals surface area contributed by atoms with E-state index in [9.17, 15) is 0 Å². The lowest BCUT2D eigenvalue weighted by Gasteiger charge is -2.34. The standard InChI is InChI=1S/C23H30N6/c1-2-5-22-21(4-1)23(27-26-22)10-14-24-18-11-16-28(17-12-18)19-6-8-20(9-7-19)29-15-3-13-25-29/h3,6-9,13,15,18,24H,1-2,4-5,10-12,14,16-17H2,(H,26,27). The minimum atomic E-state index is 0.615. The highest BCUT2D eigenvalue weighted by molar-refractivity contribution is 5.51. The number of anilines is 1. The number of aromatic amines is 1. The molecule has 0 bridgehead atoms. The smallest absolute Gasteiger partial charge is 0.0669 e. The van der Waals surface area contributed by atoms with Crippen LogP contribution in [0.3, 0.4) is 0 Å². The zero-order valence-corrected chi connectivity index (χ0v) is 17.0. The third-order valence-corrected chi connectivity index (χ3v) is 6.42. The second-order valence-electron chi connectivity index (χ2n) is 8.27. The Morgan fingerprint density at radius 1 is 1.03 bits per heavy atom. The highest BCUT2D eigenvalue weighted by Gasteiger charge is 2.20. The molecule has 1 aromatic carbocycles. The van der Waals surface area contributed by atoms with Crippen LogP contribution in [-0.2, 0) is 19.3 Å². The summed E-state index contributed by atoms with van der Waals surface area (Å²) in [6, 6.07) is 11.3. The minimum Gasteiger partial charge on any atom is -0.371 e. The Hall–Kier alpha value is -2.60. The summed E-state index contributed by atoms with van der Waals surface area (Å²) in [4.78, 5) is 2.50. The number of aryl methyl sites for hydroxylation is 1. The molecule has 152 valence electrons. The summed E-state index contributed by atoms with van der Waals surface area (Å²) in [6.07, 6.45) is 12.2. The lowest BCUT2D eigenvalue weighted by Crippen LogP contribution is -2.43. The van der Waals surface area contributed by atoms with Gasteiger partial charge in [0.25, 0.3) is 0 Å². The maximum atomic E-state index is 4.58. The molecule has 2 aliphatic rings. The van der Waals surface area contributed by atoms with Crippen LogP contribution in [0.15, 0.2) is 42.7 Å². The number of nitrogens with zero attached hydrogens (tertiary/aromatic N) is 4. The van der Waals surface area contributed by atoms with Crippen LogP contribution in [0.2, 0.25) is 0 Å². The molecule has 0 saturated carbocycles. The molecule has 0 amide bonds. The van der Waals surface area contributed by atoms with E-state index in [2.05, 4.69) is 49.8 Å². The first-order valence-electron chi connectivity index (χ1n) is 11.0. The first kappa shape index (κ1) is 18.4. The Labute approximate surface area is 172 Å². The van der Waals surface area contributed by atoms with Gasteiger partial charge in [-0.05, 0) is 74.4 Å². The molecule has 6 heteroatoms. The number of piperidine rings is 1. The van der Waals surface area contributed by atoms with Crippen molar-refractivity contribution in [3.8, 4) is 5.69 Å². The third kappa shape index (κ3) is 4.08. The van der Waals surface area contributed by atoms with E-state index >= 15 is 0 Å². The molecule has 1 saturated heterocycles. The molecule has 3 aromatic rings. The largest absolute Gasteiger partial charge is 0.371 e. The van der Waals surface area contributed by atoms with Crippen molar-refractivity contribution in [3.05, 3.63) is 59.7 Å². The van der Waals surface area contributed by atoms with Gasteiger partial charge in [-0.2, -0.15) is 10.2 Å². The van der Waals surface area contributed by atoms with E-state index in [-0.39, 0.29) is 0 Å². The Bertz CT molecular complexity index is 904. The van der Waals surface area contributed by atoms with Crippen LogP contribution in [0, 0.1) is 0 Å². The first-order valence-corrected chi connectivity index (χ1v) is 11.0. The second kappa shape index (κ2) is 8.41. The monoisotopic (exact) mass is 390 g/mol. The summed E-state index contributed by atoms with van der Waals surface area (Å²) in [5.74, 6) is 0. The number of hydrogen-bond acceptors (Lipinski definition) is 4. The fourth-order valence-electron chi connectivity index (χ4n) is 4.73. The number of hydrogen-bond donors (Lipinski definition) is 2. The van der Waals surface area contributed by atoms with Gasteiger partial charge in [0.1, 0.15) is 0 Å². The molecule has 0 atom stereocenters. The van der Waals surface area contributed by atoms with Gasteiger partial charge in [0.2, 0.25) is 0 Å². The average molecular weight is 391 g/mol. The quantitative estimate of drug-likeness (QED) is 0.678. The van der Waals surface area contributed by atoms with Gasteiger partial charge in [0.15, 0.2) is 0 Å². The van der Waals surface area contributed by atoms with Crippen molar-refractivity contribution >= 4 is 5.69 Å². The zero-order valence-electron chi connectivity index (χ0n) is 17.0. The van der Waals surface area contributed by atoms with Gasteiger partial charge < -0.3 is 10.2 Å². The van der Waals surface area contributed by atoms with Gasteiger partial charge in [-0.1, -0.05) is 0 Å². The fourth-order valence-corrected chi connectivity index (χ4v) is 4.73. The summed E-state index contributed by atoms with van der Waals surface area (Å²) in [7, 11) is 0. The van der Waals surface area contributed by atoms with Crippen LogP contribution < -0.4 is 10.2 Å². The molecule has 0 unspecified atom stereocenters. The molecule has 5 rings (SSSR count). The Balaban J connectivity index is 1.09. The van der Waals surface area contributed by atoms with E-state index in [1.807, 2.05) is 23.1 Å². The Kier molecular flexibility index (Phi) is 5.35. The zero-order chi connectivity index (χ0) is 19.5. The molecular formula is C23H30N6. The van der Waals surface area contributed by atoms with Crippen molar-refractivity contribution in [3.63, 3.8) is 0 Å². The number of rotatable bonds is 6. The number of nitrogens with one attached hydrogen (secondary N) is 2. The van der Waals surface area contributed by atoms with Crippen molar-refractivity contribution in [2.75, 3.05) is 24.5 Å². The van der Waals surface area contributed by atoms with E-state index in [4.69, 9.17) is 0 Å². The normalized spacial score (nSPS) is 17.4. The lowest BCUT2D eigenvalue weighted by molar-refractivity contribution is 0.417. The van der Waals surface area contributed by atoms with Crippen LogP contribution in [-0.4, -0.2) is 45.7 Å². The van der Waals surface area contributed by atoms with Crippen LogP contribution in [0.4, 0.5) is 5.69 Å². The molecule has 3 heterocycles. The van der Waals surface area contributed by atoms with Crippen molar-refractivity contribution < 1.29 is 0 Å². The molecule has 1 fully saturated rings. The van der Waals surface area contributed by atoms with E-state index in [0.717, 1.165) is 31.7 Å². The Morgan fingerprint density at radius 2 is 1.83 bits per heavy atom. The summed E-state index contributed by atoms with van der Waals surface area (Å²) in [6.45, 7) is 3.24. The first-order chi connectivity index (χ1) is 14.4. The maximum Gasteiger partial charge on any atom is 0.0669 e. The van der Waals surface area contributed by atoms with E-state index in [1.165, 1.54) is 61.2 Å². The summed E-state index contributed by atoms with van der Waals surface area (Å²) in [5.41, 5.74) is 6.60. The number of fused-ring (bicyclic) bond motifs is 1. The van der Waals surface area contributed by atoms with Crippen molar-refractivity contribution in [1.82, 2.24) is 25.3 Å². The van der Waals surface area contributed by atoms with Gasteiger partial charge in [0.05, 0.1) is 11.4 Å². The highest BCUT2D eigenvalue weighted by Crippen LogP contribution is 2.23. The number of H-pyrrole nitrogens is 1. The predicted molar refractivity (Wildman–Crippen MR) is 116 cm³/mol. The summed E-state index contributed by atoms with van der Waals surface area (Å²) >= 11 is 0. The van der Waals surface area contributed by atoms with Gasteiger partial charge >= 0.3 is 0 Å². The van der Waals surface area contributed by atoms with E-state index in [0.29, 0.717) is 6.04 Å². The molecule has 1 aliphatic carbocycles. The topological polar surface area (TPSA) is 61.8 Å². The molecule has 6 nitrogen and oxygen atoms in total. The van der Waals surface area contributed by atoms with Crippen molar-refractivity contribution in [1.29, 1.82) is 0 Å². The second-order valence-corrected chi connectivity index (χ2v) is 8.27. The predicted octanol–water partition coefficient (Wildman–Crippen LogP) is 3.28. The molecule has 1 aliphatic heterocycles. The van der Waals surface area contributed by atoms with Crippen molar-refractivity contribution in [2.45, 2.75) is 51.0 Å². The molecule has 2 aromatic heterocycles. The molecule has 29 heavy (non-hydrogen) atoms. The SMILES string of the molecule is c1cnn(-c2ccc(N3CCC(NCCc4n[nH]c5c4CCCC5)CC3)cc2)c1. The van der Waals surface area contributed by atoms with Crippen LogP contribution >= 0.6 is 0 Å². The molecule has 0 radical (unpaired) electrons. The van der Waals surface area contributed by atoms with Gasteiger partial charge in [-0.3, -0.25) is 5.10 Å². The molecule has 2 N–H and O–H groups in total. The number of aromatic nitrogens is 4. The van der Waals surface area contributed by atoms with Crippen LogP contribution in [0.1, 0.15) is 42.6 Å². The molecule has 0 spiro atoms. The minimum absolute atomic E-state index is 0.615. The van der Waals surface area contributed by atoms with Crippen molar-refractivity contribution in [2.24, 2.45) is 0 Å². The average Bonchev–Trinajstić information content (AvgIpc) is 3.45.